The third-order valence-corrected chi connectivity index (χ3v) is 4.21. The maximum Gasteiger partial charge on any atom is 0.273 e. The molecule has 20 heavy (non-hydrogen) atoms. The molecule has 1 amide bonds. The highest BCUT2D eigenvalue weighted by Crippen LogP contribution is 2.22. The minimum Gasteiger partial charge on any atom is -0.334 e. The van der Waals surface area contributed by atoms with Crippen LogP contribution in [0.3, 0.4) is 0 Å². The van der Waals surface area contributed by atoms with E-state index in [1.807, 2.05) is 7.05 Å². The molecule has 0 bridgehead atoms. The van der Waals surface area contributed by atoms with E-state index in [0.29, 0.717) is 23.0 Å². The highest BCUT2D eigenvalue weighted by molar-refractivity contribution is 9.10. The third kappa shape index (κ3) is 2.60. The van der Waals surface area contributed by atoms with E-state index >= 15 is 0 Å². The van der Waals surface area contributed by atoms with Gasteiger partial charge in [0.1, 0.15) is 5.69 Å². The van der Waals surface area contributed by atoms with Gasteiger partial charge in [0.2, 0.25) is 0 Å². The molecule has 0 fully saturated rings. The summed E-state index contributed by atoms with van der Waals surface area (Å²) in [5.41, 5.74) is 1.95. The van der Waals surface area contributed by atoms with E-state index in [2.05, 4.69) is 26.1 Å². The van der Waals surface area contributed by atoms with E-state index < -0.39 is 0 Å². The lowest BCUT2D eigenvalue weighted by Crippen LogP contribution is -2.29. The van der Waals surface area contributed by atoms with Crippen LogP contribution in [0.5, 0.6) is 0 Å². The van der Waals surface area contributed by atoms with Crippen LogP contribution in [0.15, 0.2) is 10.7 Å². The summed E-state index contributed by atoms with van der Waals surface area (Å²) in [6.07, 6.45) is 1.70. The Kier molecular flexibility index (Phi) is 4.19. The van der Waals surface area contributed by atoms with Gasteiger partial charge in [0.25, 0.3) is 5.91 Å². The van der Waals surface area contributed by atoms with E-state index in [0.717, 1.165) is 10.2 Å². The zero-order valence-corrected chi connectivity index (χ0v) is 14.0. The molecule has 2 aromatic rings. The van der Waals surface area contributed by atoms with Crippen LogP contribution in [0.25, 0.3) is 0 Å². The molecule has 2 rings (SSSR count). The Bertz CT molecular complexity index is 644. The Morgan fingerprint density at radius 2 is 2.10 bits per heavy atom. The number of amides is 1. The number of nitrogens with zero attached hydrogens (tertiary/aromatic N) is 5. The molecule has 0 saturated heterocycles. The average Bonchev–Trinajstić information content (AvgIpc) is 2.82. The second kappa shape index (κ2) is 5.57. The minimum atomic E-state index is -0.175. The van der Waals surface area contributed by atoms with E-state index in [4.69, 9.17) is 11.6 Å². The van der Waals surface area contributed by atoms with Gasteiger partial charge in [-0.05, 0) is 22.9 Å². The van der Waals surface area contributed by atoms with Gasteiger partial charge in [-0.25, -0.2) is 0 Å². The van der Waals surface area contributed by atoms with Crippen molar-refractivity contribution < 1.29 is 4.79 Å². The standard InChI is InChI=1S/C12H15BrClN5O/c1-7-10(14)11(19(4)16-7)12(20)17(2)6-9-8(13)5-15-18(9)3/h5H,6H2,1-4H3. The molecule has 0 aliphatic heterocycles. The molecule has 8 heteroatoms. The number of carbonyl (C=O) groups excluding carboxylic acids is 1. The molecule has 2 aromatic heterocycles. The van der Waals surface area contributed by atoms with Crippen LogP contribution in [0.1, 0.15) is 21.9 Å². The van der Waals surface area contributed by atoms with E-state index in [-0.39, 0.29) is 5.91 Å². The summed E-state index contributed by atoms with van der Waals surface area (Å²) in [5.74, 6) is -0.175. The summed E-state index contributed by atoms with van der Waals surface area (Å²) in [5, 5.41) is 8.68. The molecule has 0 spiro atoms. The molecule has 0 aliphatic rings. The van der Waals surface area contributed by atoms with Crippen molar-refractivity contribution in [3.8, 4) is 0 Å². The highest BCUT2D eigenvalue weighted by atomic mass is 79.9. The first-order valence-corrected chi connectivity index (χ1v) is 7.11. The molecular weight excluding hydrogens is 346 g/mol. The molecule has 0 radical (unpaired) electrons. The normalized spacial score (nSPS) is 10.9. The van der Waals surface area contributed by atoms with Crippen molar-refractivity contribution in [3.05, 3.63) is 32.8 Å². The summed E-state index contributed by atoms with van der Waals surface area (Å²) in [6.45, 7) is 2.20. The molecule has 0 unspecified atom stereocenters. The number of rotatable bonds is 3. The predicted molar refractivity (Wildman–Crippen MR) is 79.7 cm³/mol. The number of hydrogen-bond acceptors (Lipinski definition) is 3. The molecule has 0 saturated carbocycles. The van der Waals surface area contributed by atoms with Crippen LogP contribution < -0.4 is 0 Å². The van der Waals surface area contributed by atoms with Gasteiger partial charge in [0.05, 0.1) is 33.6 Å². The molecule has 108 valence electrons. The average molecular weight is 361 g/mol. The van der Waals surface area contributed by atoms with Crippen molar-refractivity contribution in [2.45, 2.75) is 13.5 Å². The van der Waals surface area contributed by atoms with E-state index in [1.54, 1.807) is 36.8 Å². The number of hydrogen-bond donors (Lipinski definition) is 0. The molecule has 2 heterocycles. The van der Waals surface area contributed by atoms with Crippen molar-refractivity contribution >= 4 is 33.4 Å². The van der Waals surface area contributed by atoms with Crippen molar-refractivity contribution in [1.82, 2.24) is 24.5 Å². The summed E-state index contributed by atoms with van der Waals surface area (Å²) < 4.78 is 4.10. The Morgan fingerprint density at radius 1 is 1.45 bits per heavy atom. The van der Waals surface area contributed by atoms with Crippen molar-refractivity contribution in [1.29, 1.82) is 0 Å². The molecule has 6 nitrogen and oxygen atoms in total. The topological polar surface area (TPSA) is 56.0 Å². The van der Waals surface area contributed by atoms with Gasteiger partial charge in [-0.1, -0.05) is 11.6 Å². The first-order valence-electron chi connectivity index (χ1n) is 5.93. The smallest absolute Gasteiger partial charge is 0.273 e. The third-order valence-electron chi connectivity index (χ3n) is 3.10. The SMILES string of the molecule is Cc1nn(C)c(C(=O)N(C)Cc2c(Br)cnn2C)c1Cl. The maximum atomic E-state index is 12.5. The number of halogens is 2. The Hall–Kier alpha value is -1.34. The van der Waals surface area contributed by atoms with Crippen LogP contribution in [0.2, 0.25) is 5.02 Å². The lowest BCUT2D eigenvalue weighted by Gasteiger charge is -2.17. The van der Waals surface area contributed by atoms with Crippen LogP contribution in [0.4, 0.5) is 0 Å². The van der Waals surface area contributed by atoms with Gasteiger partial charge >= 0.3 is 0 Å². The van der Waals surface area contributed by atoms with Crippen LogP contribution in [-0.4, -0.2) is 37.4 Å². The van der Waals surface area contributed by atoms with Gasteiger partial charge in [-0.2, -0.15) is 10.2 Å². The Labute approximate surface area is 130 Å². The molecule has 0 N–H and O–H groups in total. The van der Waals surface area contributed by atoms with Gasteiger partial charge in [0.15, 0.2) is 0 Å². The lowest BCUT2D eigenvalue weighted by atomic mass is 10.3. The minimum absolute atomic E-state index is 0.175. The second-order valence-corrected chi connectivity index (χ2v) is 5.83. The first-order chi connectivity index (χ1) is 9.32. The van der Waals surface area contributed by atoms with E-state index in [9.17, 15) is 4.79 Å². The lowest BCUT2D eigenvalue weighted by molar-refractivity contribution is 0.0771. The summed E-state index contributed by atoms with van der Waals surface area (Å²) in [7, 11) is 5.26. The van der Waals surface area contributed by atoms with Crippen LogP contribution in [-0.2, 0) is 20.6 Å². The van der Waals surface area contributed by atoms with Gasteiger partial charge in [-0.15, -0.1) is 0 Å². The fourth-order valence-electron chi connectivity index (χ4n) is 1.96. The fraction of sp³-hybridized carbons (Fsp3) is 0.417. The zero-order chi connectivity index (χ0) is 15.0. The van der Waals surface area contributed by atoms with Crippen LogP contribution in [0, 0.1) is 6.92 Å². The molecular formula is C12H15BrClN5O. The van der Waals surface area contributed by atoms with Crippen molar-refractivity contribution in [2.75, 3.05) is 7.05 Å². The number of aromatic nitrogens is 4. The summed E-state index contributed by atoms with van der Waals surface area (Å²) >= 11 is 9.56. The molecule has 0 atom stereocenters. The number of carbonyl (C=O) groups is 1. The van der Waals surface area contributed by atoms with Gasteiger partial charge in [0, 0.05) is 21.1 Å². The molecule has 0 aromatic carbocycles. The van der Waals surface area contributed by atoms with E-state index in [1.165, 1.54) is 4.68 Å². The maximum absolute atomic E-state index is 12.5. The zero-order valence-electron chi connectivity index (χ0n) is 11.7. The fourth-order valence-corrected chi connectivity index (χ4v) is 2.67. The van der Waals surface area contributed by atoms with Gasteiger partial charge < -0.3 is 4.90 Å². The largest absolute Gasteiger partial charge is 0.334 e. The molecule has 0 aliphatic carbocycles. The Balaban J connectivity index is 2.25. The predicted octanol–water partition coefficient (Wildman–Crippen LogP) is 2.15. The monoisotopic (exact) mass is 359 g/mol. The van der Waals surface area contributed by atoms with Crippen molar-refractivity contribution in [2.24, 2.45) is 14.1 Å². The summed E-state index contributed by atoms with van der Waals surface area (Å²) in [6, 6.07) is 0. The Morgan fingerprint density at radius 3 is 2.55 bits per heavy atom. The quantitative estimate of drug-likeness (QED) is 0.843. The highest BCUT2D eigenvalue weighted by Gasteiger charge is 2.23. The summed E-state index contributed by atoms with van der Waals surface area (Å²) in [4.78, 5) is 14.1. The first kappa shape index (κ1) is 15.1. The van der Waals surface area contributed by atoms with Gasteiger partial charge in [-0.3, -0.25) is 14.2 Å². The second-order valence-electron chi connectivity index (χ2n) is 4.60. The van der Waals surface area contributed by atoms with Crippen LogP contribution >= 0.6 is 27.5 Å². The number of aryl methyl sites for hydroxylation is 3. The van der Waals surface area contributed by atoms with Crippen molar-refractivity contribution in [3.63, 3.8) is 0 Å².